The third-order valence-corrected chi connectivity index (χ3v) is 9.82. The molecule has 2 fully saturated rings. The first-order valence-electron chi connectivity index (χ1n) is 19.2. The van der Waals surface area contributed by atoms with Crippen LogP contribution in [-0.2, 0) is 32.2 Å². The van der Waals surface area contributed by atoms with E-state index in [1.165, 1.54) is 12.1 Å². The smallest absolute Gasteiger partial charge is 0.740 e. The average molecular weight is 925 g/mol. The van der Waals surface area contributed by atoms with Crippen molar-refractivity contribution in [2.45, 2.75) is 0 Å². The van der Waals surface area contributed by atoms with Crippen LogP contribution in [0.4, 0.5) is 58.4 Å². The summed E-state index contributed by atoms with van der Waals surface area (Å²) in [4.78, 5) is 31.6. The molecule has 2 unspecified atom stereocenters. The molecule has 2 aliphatic heterocycles. The molecule has 64 heavy (non-hydrogen) atoms. The van der Waals surface area contributed by atoms with Crippen LogP contribution in [0.3, 0.4) is 0 Å². The number of rotatable bonds is 16. The minimum Gasteiger partial charge on any atom is -0.740 e. The first-order valence-corrected chi connectivity index (χ1v) is 21.2. The third kappa shape index (κ3) is 13.8. The van der Waals surface area contributed by atoms with Gasteiger partial charge in [-0.1, -0.05) is 48.6 Å². The number of nitrogens with zero attached hydrogens (tertiary/aromatic N) is 8. The topological polar surface area (TPSA) is 249 Å². The maximum Gasteiger partial charge on any atom is 1.00 e. The van der Waals surface area contributed by atoms with Gasteiger partial charge in [-0.3, -0.25) is 0 Å². The zero-order chi connectivity index (χ0) is 42.7. The normalized spacial score (nSPS) is 14.7. The van der Waals surface area contributed by atoms with Crippen molar-refractivity contribution in [3.8, 4) is 11.5 Å². The maximum atomic E-state index is 11.8. The van der Waals surface area contributed by atoms with Crippen LogP contribution in [-0.4, -0.2) is 100 Å². The van der Waals surface area contributed by atoms with E-state index in [0.717, 1.165) is 11.4 Å². The molecule has 320 valence electrons. The van der Waals surface area contributed by atoms with E-state index in [1.807, 2.05) is 70.5 Å². The molecule has 0 bridgehead atoms. The predicted octanol–water partition coefficient (Wildman–Crippen LogP) is -0.772. The quantitative estimate of drug-likeness (QED) is 0.0529. The zero-order valence-electron chi connectivity index (χ0n) is 34.7. The van der Waals surface area contributed by atoms with Gasteiger partial charge >= 0.3 is 59.1 Å². The predicted molar refractivity (Wildman–Crippen MR) is 233 cm³/mol. The second-order valence-electron chi connectivity index (χ2n) is 13.4. The van der Waals surface area contributed by atoms with Gasteiger partial charge in [0, 0.05) is 72.2 Å². The van der Waals surface area contributed by atoms with Gasteiger partial charge in [0.2, 0.25) is 35.7 Å². The average Bonchev–Trinajstić information content (AvgIpc) is 3.27. The molecule has 0 amide bonds. The van der Waals surface area contributed by atoms with Crippen LogP contribution in [0.5, 0.6) is 11.5 Å². The van der Waals surface area contributed by atoms with E-state index in [9.17, 15) is 17.5 Å². The molecule has 0 spiro atoms. The van der Waals surface area contributed by atoms with E-state index in [-0.39, 0.29) is 82.5 Å². The molecule has 2 aromatic heterocycles. The summed E-state index contributed by atoms with van der Waals surface area (Å²) in [5.41, 5.74) is 3.04. The minimum atomic E-state index is -2.94. The SMILES string of the molecule is O=S([O-])Oc1cc(Nc2nc(Nc3ccccc3)nc(N3CCOCC3)n2)ccc1/C=C/c1ccc(Nc2nc(Nc3ccccc3)nc(N3CCOCC3)n2)cc1OS(=O)[O-].[Na+].[Na+]. The Bertz CT molecular complexity index is 2390. The summed E-state index contributed by atoms with van der Waals surface area (Å²) in [6.45, 7) is 4.42. The van der Waals surface area contributed by atoms with E-state index >= 15 is 0 Å². The molecular formula is C40H38N12Na2O8S2. The van der Waals surface area contributed by atoms with Gasteiger partial charge in [-0.15, -0.1) is 0 Å². The van der Waals surface area contributed by atoms with Crippen molar-refractivity contribution in [3.63, 3.8) is 0 Å². The molecule has 0 radical (unpaired) electrons. The number of morpholine rings is 2. The Morgan fingerprint density at radius 2 is 0.844 bits per heavy atom. The molecule has 2 saturated heterocycles. The van der Waals surface area contributed by atoms with Gasteiger partial charge in [-0.2, -0.15) is 29.9 Å². The molecule has 2 atom stereocenters. The number of hydrogen-bond acceptors (Lipinski definition) is 20. The molecule has 4 aromatic carbocycles. The first kappa shape index (κ1) is 48.6. The van der Waals surface area contributed by atoms with Crippen molar-refractivity contribution in [2.24, 2.45) is 0 Å². The monoisotopic (exact) mass is 924 g/mol. The Morgan fingerprint density at radius 3 is 1.19 bits per heavy atom. The Morgan fingerprint density at radius 1 is 0.500 bits per heavy atom. The molecule has 8 rings (SSSR count). The third-order valence-electron chi connectivity index (χ3n) is 9.19. The van der Waals surface area contributed by atoms with Crippen molar-refractivity contribution >= 4 is 93.3 Å². The summed E-state index contributed by atoms with van der Waals surface area (Å²) in [5.74, 6) is 1.74. The fourth-order valence-corrected chi connectivity index (χ4v) is 6.87. The molecule has 6 aromatic rings. The number of para-hydroxylation sites is 2. The fourth-order valence-electron chi connectivity index (χ4n) is 6.29. The first-order chi connectivity index (χ1) is 30.3. The van der Waals surface area contributed by atoms with Gasteiger partial charge in [0.25, 0.3) is 0 Å². The van der Waals surface area contributed by atoms with Crippen molar-refractivity contribution < 1.29 is 94.5 Å². The second kappa shape index (κ2) is 23.9. The van der Waals surface area contributed by atoms with Crippen LogP contribution in [0.15, 0.2) is 97.1 Å². The van der Waals surface area contributed by atoms with Crippen LogP contribution in [0.1, 0.15) is 11.1 Å². The summed E-state index contributed by atoms with van der Waals surface area (Å²) in [6, 6.07) is 28.4. The molecular weight excluding hydrogens is 887 g/mol. The Labute approximate surface area is 417 Å². The van der Waals surface area contributed by atoms with E-state index in [1.54, 1.807) is 36.4 Å². The summed E-state index contributed by atoms with van der Waals surface area (Å²) in [5, 5.41) is 12.7. The van der Waals surface area contributed by atoms with Crippen LogP contribution in [0, 0.1) is 0 Å². The van der Waals surface area contributed by atoms with Gasteiger partial charge < -0.3 is 58.0 Å². The van der Waals surface area contributed by atoms with Crippen molar-refractivity contribution in [1.29, 1.82) is 0 Å². The van der Waals surface area contributed by atoms with E-state index in [4.69, 9.17) is 17.8 Å². The van der Waals surface area contributed by atoms with Crippen molar-refractivity contribution in [2.75, 3.05) is 83.7 Å². The van der Waals surface area contributed by atoms with Crippen LogP contribution < -0.4 is 98.5 Å². The van der Waals surface area contributed by atoms with E-state index in [2.05, 4.69) is 51.2 Å². The largest absolute Gasteiger partial charge is 1.00 e. The summed E-state index contributed by atoms with van der Waals surface area (Å²) < 4.78 is 68.7. The minimum absolute atomic E-state index is 0. The van der Waals surface area contributed by atoms with E-state index < -0.39 is 22.7 Å². The van der Waals surface area contributed by atoms with E-state index in [0.29, 0.717) is 98.9 Å². The number of benzene rings is 4. The molecule has 2 aliphatic rings. The Hall–Kier alpha value is -4.82. The molecule has 4 N–H and O–H groups in total. The van der Waals surface area contributed by atoms with Crippen LogP contribution in [0.25, 0.3) is 12.2 Å². The fraction of sp³-hybridized carbons (Fsp3) is 0.200. The van der Waals surface area contributed by atoms with Crippen molar-refractivity contribution in [3.05, 3.63) is 108 Å². The number of ether oxygens (including phenoxy) is 2. The number of nitrogens with one attached hydrogen (secondary N) is 4. The second-order valence-corrected chi connectivity index (χ2v) is 14.6. The molecule has 0 saturated carbocycles. The summed E-state index contributed by atoms with van der Waals surface area (Å²) in [6.07, 6.45) is 3.11. The number of hydrogen-bond donors (Lipinski definition) is 4. The zero-order valence-corrected chi connectivity index (χ0v) is 40.3. The standard InChI is InChI=1S/C40H40N12O8S2.2Na/c53-61(54)59-33-25-31(43-37-45-35(41-29-7-3-1-4-8-29)47-39(49-37)51-17-21-57-22-18-51)15-13-27(33)11-12-28-14-16-32(26-34(28)60-62(55)56)44-38-46-36(42-30-9-5-2-6-10-30)48-40(50-38)52-19-23-58-24-20-52;;/h1-16,25-26H,17-24H2,(H,53,54)(H,55,56)(H2,41,43,45,47,49)(H2,42,44,46,48,50);;/q;2*+1/p-2/b12-11+;;. The van der Waals surface area contributed by atoms with Gasteiger partial charge in [0.15, 0.2) is 0 Å². The molecule has 0 aliphatic carbocycles. The molecule has 4 heterocycles. The Balaban J connectivity index is 0.00000340. The molecule has 24 heteroatoms. The van der Waals surface area contributed by atoms with Gasteiger partial charge in [0.05, 0.1) is 26.4 Å². The van der Waals surface area contributed by atoms with Gasteiger partial charge in [-0.25, -0.2) is 8.42 Å². The Kier molecular flexibility index (Phi) is 18.2. The summed E-state index contributed by atoms with van der Waals surface area (Å²) in [7, 11) is 0. The van der Waals surface area contributed by atoms with Crippen molar-refractivity contribution in [1.82, 2.24) is 29.9 Å². The van der Waals surface area contributed by atoms with Gasteiger partial charge in [-0.05, 0) is 48.5 Å². The summed E-state index contributed by atoms with van der Waals surface area (Å²) >= 11 is -5.88. The molecule has 20 nitrogen and oxygen atoms in total. The van der Waals surface area contributed by atoms with Crippen LogP contribution in [0.2, 0.25) is 0 Å². The number of aromatic nitrogens is 6. The number of anilines is 10. The van der Waals surface area contributed by atoms with Gasteiger partial charge in [0.1, 0.15) is 34.2 Å². The van der Waals surface area contributed by atoms with Crippen LogP contribution >= 0.6 is 0 Å². The maximum absolute atomic E-state index is 11.8.